The zero-order valence-electron chi connectivity index (χ0n) is 11.0. The predicted octanol–water partition coefficient (Wildman–Crippen LogP) is 2.22. The lowest BCUT2D eigenvalue weighted by molar-refractivity contribution is 0.0642. The third-order valence-electron chi connectivity index (χ3n) is 3.11. The topological polar surface area (TPSA) is 50.8 Å². The summed E-state index contributed by atoms with van der Waals surface area (Å²) in [6.45, 7) is 7.37. The zero-order chi connectivity index (χ0) is 11.8. The number of aliphatic imine (C=N–C) groups is 1. The van der Waals surface area contributed by atoms with Gasteiger partial charge in [-0.05, 0) is 26.7 Å². The van der Waals surface area contributed by atoms with Crippen LogP contribution in [0.3, 0.4) is 0 Å². The molecule has 1 aliphatic rings. The van der Waals surface area contributed by atoms with E-state index < -0.39 is 0 Å². The molecule has 0 heterocycles. The van der Waals surface area contributed by atoms with E-state index in [1.807, 2.05) is 0 Å². The zero-order valence-corrected chi connectivity index (χ0v) is 13.4. The monoisotopic (exact) mass is 355 g/mol. The Morgan fingerprint density at radius 3 is 2.41 bits per heavy atom. The first-order chi connectivity index (χ1) is 7.77. The van der Waals surface area contributed by atoms with Crippen molar-refractivity contribution in [1.82, 2.24) is 4.90 Å². The molecule has 4 nitrogen and oxygen atoms in total. The van der Waals surface area contributed by atoms with Gasteiger partial charge in [0.2, 0.25) is 0 Å². The van der Waals surface area contributed by atoms with Gasteiger partial charge in [0.25, 0.3) is 0 Å². The van der Waals surface area contributed by atoms with Crippen molar-refractivity contribution in [3.63, 3.8) is 0 Å². The number of rotatable bonds is 6. The van der Waals surface area contributed by atoms with E-state index in [2.05, 4.69) is 23.7 Å². The minimum absolute atomic E-state index is 0. The molecule has 0 bridgehead atoms. The summed E-state index contributed by atoms with van der Waals surface area (Å²) >= 11 is 0. The van der Waals surface area contributed by atoms with Crippen LogP contribution in [0.4, 0.5) is 0 Å². The standard InChI is InChI=1S/C12H25N3O.HI/c1-3-15(4-2)12(13)14-9-10-16-11-7-5-6-8-11;/h11H,3-10H2,1-2H3,(H2,13,14);1H. The molecule has 0 aromatic carbocycles. The Kier molecular flexibility index (Phi) is 9.91. The van der Waals surface area contributed by atoms with Crippen molar-refractivity contribution < 1.29 is 4.74 Å². The first-order valence-corrected chi connectivity index (χ1v) is 6.44. The molecule has 17 heavy (non-hydrogen) atoms. The summed E-state index contributed by atoms with van der Waals surface area (Å²) in [5, 5.41) is 0. The largest absolute Gasteiger partial charge is 0.376 e. The maximum Gasteiger partial charge on any atom is 0.191 e. The van der Waals surface area contributed by atoms with E-state index in [0.717, 1.165) is 13.1 Å². The minimum Gasteiger partial charge on any atom is -0.376 e. The van der Waals surface area contributed by atoms with Gasteiger partial charge >= 0.3 is 0 Å². The van der Waals surface area contributed by atoms with Crippen molar-refractivity contribution in [2.45, 2.75) is 45.6 Å². The first kappa shape index (κ1) is 17.0. The number of nitrogens with two attached hydrogens (primary N) is 1. The number of ether oxygens (including phenoxy) is 1. The van der Waals surface area contributed by atoms with Crippen LogP contribution in [-0.2, 0) is 4.74 Å². The highest BCUT2D eigenvalue weighted by atomic mass is 127. The van der Waals surface area contributed by atoms with Gasteiger partial charge in [0.15, 0.2) is 5.96 Å². The Morgan fingerprint density at radius 2 is 1.88 bits per heavy atom. The van der Waals surface area contributed by atoms with E-state index >= 15 is 0 Å². The SMILES string of the molecule is CCN(CC)C(N)=NCCOC1CCCC1.I. The molecular weight excluding hydrogens is 329 g/mol. The number of nitrogens with zero attached hydrogens (tertiary/aromatic N) is 2. The van der Waals surface area contributed by atoms with Crippen molar-refractivity contribution in [2.75, 3.05) is 26.2 Å². The van der Waals surface area contributed by atoms with Crippen molar-refractivity contribution in [1.29, 1.82) is 0 Å². The summed E-state index contributed by atoms with van der Waals surface area (Å²) in [5.74, 6) is 0.639. The Balaban J connectivity index is 0.00000256. The average Bonchev–Trinajstić information content (AvgIpc) is 2.79. The van der Waals surface area contributed by atoms with E-state index in [0.29, 0.717) is 25.2 Å². The van der Waals surface area contributed by atoms with Gasteiger partial charge in [-0.3, -0.25) is 4.99 Å². The van der Waals surface area contributed by atoms with Gasteiger partial charge in [0, 0.05) is 13.1 Å². The fourth-order valence-electron chi connectivity index (χ4n) is 2.08. The summed E-state index contributed by atoms with van der Waals surface area (Å²) < 4.78 is 5.72. The van der Waals surface area contributed by atoms with Crippen LogP contribution < -0.4 is 5.73 Å². The molecule has 0 saturated heterocycles. The van der Waals surface area contributed by atoms with Crippen LogP contribution in [0.1, 0.15) is 39.5 Å². The highest BCUT2D eigenvalue weighted by Gasteiger charge is 2.14. The number of hydrogen-bond donors (Lipinski definition) is 1. The summed E-state index contributed by atoms with van der Waals surface area (Å²) in [5.41, 5.74) is 5.85. The molecule has 102 valence electrons. The van der Waals surface area contributed by atoms with Crippen LogP contribution in [0.25, 0.3) is 0 Å². The minimum atomic E-state index is 0. The Labute approximate surface area is 122 Å². The third-order valence-corrected chi connectivity index (χ3v) is 3.11. The third kappa shape index (κ3) is 6.45. The normalized spacial score (nSPS) is 16.9. The van der Waals surface area contributed by atoms with Crippen molar-refractivity contribution in [3.05, 3.63) is 0 Å². The second kappa shape index (κ2) is 9.94. The lowest BCUT2D eigenvalue weighted by Crippen LogP contribution is -2.37. The first-order valence-electron chi connectivity index (χ1n) is 6.44. The molecule has 0 amide bonds. The highest BCUT2D eigenvalue weighted by Crippen LogP contribution is 2.20. The van der Waals surface area contributed by atoms with Crippen LogP contribution in [0.5, 0.6) is 0 Å². The molecule has 1 rings (SSSR count). The number of guanidine groups is 1. The maximum atomic E-state index is 5.85. The van der Waals surface area contributed by atoms with Gasteiger partial charge in [-0.2, -0.15) is 0 Å². The van der Waals surface area contributed by atoms with E-state index in [1.165, 1.54) is 25.7 Å². The summed E-state index contributed by atoms with van der Waals surface area (Å²) in [6, 6.07) is 0. The molecular formula is C12H26IN3O. The molecule has 2 N–H and O–H groups in total. The molecule has 0 radical (unpaired) electrons. The molecule has 0 unspecified atom stereocenters. The van der Waals surface area contributed by atoms with Crippen LogP contribution >= 0.6 is 24.0 Å². The smallest absolute Gasteiger partial charge is 0.191 e. The van der Waals surface area contributed by atoms with Gasteiger partial charge in [-0.1, -0.05) is 12.8 Å². The van der Waals surface area contributed by atoms with Gasteiger partial charge < -0.3 is 15.4 Å². The van der Waals surface area contributed by atoms with Crippen LogP contribution in [-0.4, -0.2) is 43.2 Å². The van der Waals surface area contributed by atoms with Gasteiger partial charge in [0.1, 0.15) is 0 Å². The lowest BCUT2D eigenvalue weighted by atomic mass is 10.3. The molecule has 0 spiro atoms. The van der Waals surface area contributed by atoms with E-state index in [-0.39, 0.29) is 24.0 Å². The van der Waals surface area contributed by atoms with Crippen molar-refractivity contribution in [3.8, 4) is 0 Å². The second-order valence-electron chi connectivity index (χ2n) is 4.19. The Bertz CT molecular complexity index is 214. The molecule has 1 fully saturated rings. The summed E-state index contributed by atoms with van der Waals surface area (Å²) in [6.07, 6.45) is 5.54. The maximum absolute atomic E-state index is 5.85. The second-order valence-corrected chi connectivity index (χ2v) is 4.19. The predicted molar refractivity (Wildman–Crippen MR) is 83.0 cm³/mol. The van der Waals surface area contributed by atoms with Crippen LogP contribution in [0, 0.1) is 0 Å². The van der Waals surface area contributed by atoms with Crippen molar-refractivity contribution in [2.24, 2.45) is 10.7 Å². The van der Waals surface area contributed by atoms with Crippen molar-refractivity contribution >= 4 is 29.9 Å². The quantitative estimate of drug-likeness (QED) is 0.344. The fourth-order valence-corrected chi connectivity index (χ4v) is 2.08. The van der Waals surface area contributed by atoms with Crippen LogP contribution in [0.15, 0.2) is 4.99 Å². The van der Waals surface area contributed by atoms with E-state index in [4.69, 9.17) is 10.5 Å². The molecule has 1 saturated carbocycles. The number of halogens is 1. The van der Waals surface area contributed by atoms with Crippen LogP contribution in [0.2, 0.25) is 0 Å². The molecule has 1 aliphatic carbocycles. The van der Waals surface area contributed by atoms with E-state index in [9.17, 15) is 0 Å². The molecule has 5 heteroatoms. The summed E-state index contributed by atoms with van der Waals surface area (Å²) in [4.78, 5) is 6.37. The Hall–Kier alpha value is -0.0400. The van der Waals surface area contributed by atoms with E-state index in [1.54, 1.807) is 0 Å². The summed E-state index contributed by atoms with van der Waals surface area (Å²) in [7, 11) is 0. The van der Waals surface area contributed by atoms with Gasteiger partial charge in [-0.15, -0.1) is 24.0 Å². The molecule has 0 aromatic heterocycles. The fraction of sp³-hybridized carbons (Fsp3) is 0.917. The molecule has 0 aromatic rings. The Morgan fingerprint density at radius 1 is 1.29 bits per heavy atom. The lowest BCUT2D eigenvalue weighted by Gasteiger charge is -2.19. The number of hydrogen-bond acceptors (Lipinski definition) is 2. The highest BCUT2D eigenvalue weighted by molar-refractivity contribution is 14.0. The molecule has 0 aliphatic heterocycles. The average molecular weight is 355 g/mol. The van der Waals surface area contributed by atoms with Gasteiger partial charge in [-0.25, -0.2) is 0 Å². The van der Waals surface area contributed by atoms with Gasteiger partial charge in [0.05, 0.1) is 19.3 Å². The molecule has 0 atom stereocenters.